The Morgan fingerprint density at radius 2 is 2.12 bits per heavy atom. The van der Waals surface area contributed by atoms with E-state index in [9.17, 15) is 0 Å². The molecule has 0 amide bonds. The average molecular weight is 247 g/mol. The van der Waals surface area contributed by atoms with E-state index < -0.39 is 0 Å². The predicted octanol–water partition coefficient (Wildman–Crippen LogP) is 3.47. The van der Waals surface area contributed by atoms with Gasteiger partial charge in [0.15, 0.2) is 0 Å². The van der Waals surface area contributed by atoms with Crippen molar-refractivity contribution in [2.45, 2.75) is 27.2 Å². The van der Waals surface area contributed by atoms with Gasteiger partial charge in [-0.05, 0) is 19.4 Å². The highest BCUT2D eigenvalue weighted by atomic mass is 32.1. The minimum absolute atomic E-state index is 0.726. The number of thiophene rings is 1. The first-order valence-corrected chi connectivity index (χ1v) is 6.60. The van der Waals surface area contributed by atoms with Crippen molar-refractivity contribution < 1.29 is 0 Å². The molecule has 0 aliphatic carbocycles. The molecule has 0 bridgehead atoms. The van der Waals surface area contributed by atoms with E-state index in [2.05, 4.69) is 42.6 Å². The Morgan fingerprint density at radius 3 is 2.76 bits per heavy atom. The van der Waals surface area contributed by atoms with Crippen molar-refractivity contribution in [1.29, 1.82) is 0 Å². The van der Waals surface area contributed by atoms with Crippen molar-refractivity contribution in [1.82, 2.24) is 9.97 Å². The standard InChI is InChI=1S/C13H17N3S/c1-5-7-14-12-11-8(3)9(4)17-13(11)16-10(6-2)15-12/h5H,1,6-7H2,2-4H3,(H,14,15,16). The number of nitrogens with one attached hydrogen (secondary N) is 1. The van der Waals surface area contributed by atoms with Gasteiger partial charge >= 0.3 is 0 Å². The van der Waals surface area contributed by atoms with Crippen LogP contribution < -0.4 is 5.32 Å². The molecule has 17 heavy (non-hydrogen) atoms. The highest BCUT2D eigenvalue weighted by molar-refractivity contribution is 7.18. The molecule has 4 heteroatoms. The quantitative estimate of drug-likeness (QED) is 0.841. The molecule has 0 atom stereocenters. The van der Waals surface area contributed by atoms with E-state index in [4.69, 9.17) is 0 Å². The normalized spacial score (nSPS) is 10.8. The predicted molar refractivity (Wildman–Crippen MR) is 75.0 cm³/mol. The Balaban J connectivity index is 2.63. The maximum atomic E-state index is 4.59. The van der Waals surface area contributed by atoms with Crippen LogP contribution in [0.5, 0.6) is 0 Å². The zero-order valence-corrected chi connectivity index (χ0v) is 11.3. The van der Waals surface area contributed by atoms with Crippen LogP contribution in [-0.4, -0.2) is 16.5 Å². The molecule has 0 aliphatic rings. The summed E-state index contributed by atoms with van der Waals surface area (Å²) in [5.41, 5.74) is 1.28. The lowest BCUT2D eigenvalue weighted by atomic mass is 10.2. The second-order valence-electron chi connectivity index (χ2n) is 3.97. The summed E-state index contributed by atoms with van der Waals surface area (Å²) in [6.07, 6.45) is 2.70. The molecule has 90 valence electrons. The molecule has 0 spiro atoms. The van der Waals surface area contributed by atoms with Gasteiger partial charge in [-0.25, -0.2) is 9.97 Å². The first kappa shape index (κ1) is 12.0. The van der Waals surface area contributed by atoms with E-state index in [1.807, 2.05) is 6.08 Å². The van der Waals surface area contributed by atoms with Gasteiger partial charge in [-0.3, -0.25) is 0 Å². The molecule has 0 aromatic carbocycles. The second kappa shape index (κ2) is 4.84. The highest BCUT2D eigenvalue weighted by Crippen LogP contribution is 2.33. The Bertz CT molecular complexity index is 557. The Morgan fingerprint density at radius 1 is 1.35 bits per heavy atom. The van der Waals surface area contributed by atoms with Crippen LogP contribution in [0.4, 0.5) is 5.82 Å². The number of hydrogen-bond donors (Lipinski definition) is 1. The second-order valence-corrected chi connectivity index (χ2v) is 5.18. The summed E-state index contributed by atoms with van der Waals surface area (Å²) in [5, 5.41) is 4.46. The van der Waals surface area contributed by atoms with Gasteiger partial charge in [0, 0.05) is 17.8 Å². The molecule has 3 nitrogen and oxygen atoms in total. The Hall–Kier alpha value is -1.42. The zero-order chi connectivity index (χ0) is 12.4. The van der Waals surface area contributed by atoms with Gasteiger partial charge in [0.05, 0.1) is 5.39 Å². The number of anilines is 1. The summed E-state index contributed by atoms with van der Waals surface area (Å²) in [5.74, 6) is 1.83. The molecule has 2 rings (SSSR count). The molecular weight excluding hydrogens is 230 g/mol. The maximum absolute atomic E-state index is 4.59. The zero-order valence-electron chi connectivity index (χ0n) is 10.5. The molecule has 0 saturated carbocycles. The van der Waals surface area contributed by atoms with Crippen molar-refractivity contribution in [2.24, 2.45) is 0 Å². The lowest BCUT2D eigenvalue weighted by molar-refractivity contribution is 0.962. The summed E-state index contributed by atoms with van der Waals surface area (Å²) in [6, 6.07) is 0. The fraction of sp³-hybridized carbons (Fsp3) is 0.385. The first-order valence-electron chi connectivity index (χ1n) is 5.78. The Labute approximate surface area is 106 Å². The minimum Gasteiger partial charge on any atom is -0.366 e. The van der Waals surface area contributed by atoms with Gasteiger partial charge in [-0.2, -0.15) is 0 Å². The van der Waals surface area contributed by atoms with Gasteiger partial charge in [0.2, 0.25) is 0 Å². The molecule has 0 unspecified atom stereocenters. The van der Waals surface area contributed by atoms with Crippen molar-refractivity contribution in [3.8, 4) is 0 Å². The number of hydrogen-bond acceptors (Lipinski definition) is 4. The van der Waals surface area contributed by atoms with Crippen LogP contribution in [0.25, 0.3) is 10.2 Å². The smallest absolute Gasteiger partial charge is 0.139 e. The highest BCUT2D eigenvalue weighted by Gasteiger charge is 2.13. The molecule has 2 aromatic rings. The van der Waals surface area contributed by atoms with E-state index in [1.54, 1.807) is 11.3 Å². The van der Waals surface area contributed by atoms with Crippen LogP contribution in [0.1, 0.15) is 23.2 Å². The molecule has 0 fully saturated rings. The third-order valence-electron chi connectivity index (χ3n) is 2.81. The van der Waals surface area contributed by atoms with Gasteiger partial charge in [-0.1, -0.05) is 13.0 Å². The van der Waals surface area contributed by atoms with Gasteiger partial charge in [0.1, 0.15) is 16.5 Å². The van der Waals surface area contributed by atoms with Crippen LogP contribution in [0.2, 0.25) is 0 Å². The fourth-order valence-electron chi connectivity index (χ4n) is 1.75. The Kier molecular flexibility index (Phi) is 3.43. The number of fused-ring (bicyclic) bond motifs is 1. The van der Waals surface area contributed by atoms with Crippen LogP contribution in [-0.2, 0) is 6.42 Å². The van der Waals surface area contributed by atoms with Crippen molar-refractivity contribution >= 4 is 27.4 Å². The number of aromatic nitrogens is 2. The minimum atomic E-state index is 0.726. The largest absolute Gasteiger partial charge is 0.366 e. The van der Waals surface area contributed by atoms with E-state index in [1.165, 1.54) is 10.4 Å². The third-order valence-corrected chi connectivity index (χ3v) is 3.91. The van der Waals surface area contributed by atoms with E-state index in [-0.39, 0.29) is 0 Å². The van der Waals surface area contributed by atoms with Crippen LogP contribution in [0.3, 0.4) is 0 Å². The summed E-state index contributed by atoms with van der Waals surface area (Å²) in [4.78, 5) is 11.5. The van der Waals surface area contributed by atoms with Crippen LogP contribution >= 0.6 is 11.3 Å². The lowest BCUT2D eigenvalue weighted by Gasteiger charge is -2.07. The van der Waals surface area contributed by atoms with E-state index >= 15 is 0 Å². The summed E-state index contributed by atoms with van der Waals surface area (Å²) in [7, 11) is 0. The van der Waals surface area contributed by atoms with Gasteiger partial charge < -0.3 is 5.32 Å². The van der Waals surface area contributed by atoms with Crippen molar-refractivity contribution in [3.05, 3.63) is 28.9 Å². The summed E-state index contributed by atoms with van der Waals surface area (Å²) >= 11 is 1.74. The lowest BCUT2D eigenvalue weighted by Crippen LogP contribution is -2.04. The van der Waals surface area contributed by atoms with E-state index in [0.717, 1.165) is 34.8 Å². The van der Waals surface area contributed by atoms with Crippen molar-refractivity contribution in [2.75, 3.05) is 11.9 Å². The summed E-state index contributed by atoms with van der Waals surface area (Å²) in [6.45, 7) is 10.8. The number of nitrogens with zero attached hydrogens (tertiary/aromatic N) is 2. The molecule has 2 heterocycles. The fourth-order valence-corrected chi connectivity index (χ4v) is 2.80. The molecule has 2 aromatic heterocycles. The molecular formula is C13H17N3S. The maximum Gasteiger partial charge on any atom is 0.139 e. The number of rotatable bonds is 4. The van der Waals surface area contributed by atoms with Crippen LogP contribution in [0.15, 0.2) is 12.7 Å². The molecule has 0 radical (unpaired) electrons. The van der Waals surface area contributed by atoms with Crippen molar-refractivity contribution in [3.63, 3.8) is 0 Å². The van der Waals surface area contributed by atoms with Crippen LogP contribution in [0, 0.1) is 13.8 Å². The number of aryl methyl sites for hydroxylation is 3. The third kappa shape index (κ3) is 2.17. The summed E-state index contributed by atoms with van der Waals surface area (Å²) < 4.78 is 0. The topological polar surface area (TPSA) is 37.8 Å². The van der Waals surface area contributed by atoms with Gasteiger partial charge in [-0.15, -0.1) is 17.9 Å². The SMILES string of the molecule is C=CCNc1nc(CC)nc2sc(C)c(C)c12. The molecule has 1 N–H and O–H groups in total. The average Bonchev–Trinajstić information content (AvgIpc) is 2.62. The molecule has 0 saturated heterocycles. The monoisotopic (exact) mass is 247 g/mol. The molecule has 0 aliphatic heterocycles. The van der Waals surface area contributed by atoms with E-state index in [0.29, 0.717) is 0 Å². The van der Waals surface area contributed by atoms with Gasteiger partial charge in [0.25, 0.3) is 0 Å². The first-order chi connectivity index (χ1) is 8.17.